The van der Waals surface area contributed by atoms with Crippen LogP contribution in [-0.4, -0.2) is 22.4 Å². The molecule has 1 aromatic heterocycles. The number of rotatable bonds is 6. The van der Waals surface area contributed by atoms with Gasteiger partial charge in [-0.25, -0.2) is 9.48 Å². The van der Waals surface area contributed by atoms with E-state index in [2.05, 4.69) is 5.10 Å². The number of carbonyl (C=O) groups excluding carboxylic acids is 1. The van der Waals surface area contributed by atoms with Gasteiger partial charge in [-0.2, -0.15) is 5.10 Å². The number of ether oxygens (including phenoxy) is 2. The Morgan fingerprint density at radius 2 is 1.83 bits per heavy atom. The third kappa shape index (κ3) is 4.02. The van der Waals surface area contributed by atoms with Gasteiger partial charge in [-0.1, -0.05) is 30.1 Å². The molecule has 0 aliphatic heterocycles. The molecule has 0 saturated carbocycles. The lowest BCUT2D eigenvalue weighted by molar-refractivity contribution is 0.0517. The third-order valence-electron chi connectivity index (χ3n) is 3.32. The number of hydrogen-bond donors (Lipinski definition) is 0. The molecule has 5 nitrogen and oxygen atoms in total. The fraction of sp³-hybridized carbons (Fsp3) is 0.412. The minimum Gasteiger partial charge on any atom is -0.461 e. The molecule has 0 atom stereocenters. The summed E-state index contributed by atoms with van der Waals surface area (Å²) in [5.41, 5.74) is 0.967. The molecule has 1 heterocycles. The van der Waals surface area contributed by atoms with E-state index in [1.807, 2.05) is 20.8 Å². The Kier molecular flexibility index (Phi) is 6.13. The molecule has 2 rings (SSSR count). The van der Waals surface area contributed by atoms with Crippen molar-refractivity contribution in [3.05, 3.63) is 39.5 Å². The van der Waals surface area contributed by atoms with Crippen molar-refractivity contribution in [2.45, 2.75) is 40.2 Å². The van der Waals surface area contributed by atoms with Gasteiger partial charge < -0.3 is 9.47 Å². The normalized spacial score (nSPS) is 11.0. The number of nitrogens with zero attached hydrogens (tertiary/aromatic N) is 2. The summed E-state index contributed by atoms with van der Waals surface area (Å²) >= 11 is 12.1. The molecule has 0 N–H and O–H groups in total. The summed E-state index contributed by atoms with van der Waals surface area (Å²) in [4.78, 5) is 12.2. The quantitative estimate of drug-likeness (QED) is 0.647. The van der Waals surface area contributed by atoms with Crippen LogP contribution in [0.1, 0.15) is 49.8 Å². The Labute approximate surface area is 151 Å². The van der Waals surface area contributed by atoms with Crippen LogP contribution in [0.25, 0.3) is 0 Å². The van der Waals surface area contributed by atoms with Gasteiger partial charge in [0.2, 0.25) is 5.88 Å². The van der Waals surface area contributed by atoms with Gasteiger partial charge in [-0.3, -0.25) is 0 Å². The molecule has 0 saturated heterocycles. The fourth-order valence-corrected chi connectivity index (χ4v) is 2.80. The van der Waals surface area contributed by atoms with Crippen LogP contribution in [0.4, 0.5) is 0 Å². The maximum atomic E-state index is 12.2. The predicted octanol–water partition coefficient (Wildman–Crippen LogP) is 5.30. The molecule has 0 aliphatic carbocycles. The van der Waals surface area contributed by atoms with Crippen molar-refractivity contribution in [1.29, 1.82) is 0 Å². The highest BCUT2D eigenvalue weighted by Gasteiger charge is 2.25. The van der Waals surface area contributed by atoms with Gasteiger partial charge in [0.15, 0.2) is 5.69 Å². The second-order valence-corrected chi connectivity index (χ2v) is 6.32. The first kappa shape index (κ1) is 18.6. The van der Waals surface area contributed by atoms with Crippen molar-refractivity contribution >= 4 is 29.2 Å². The van der Waals surface area contributed by atoms with Crippen LogP contribution in [0.5, 0.6) is 11.6 Å². The lowest BCUT2D eigenvalue weighted by Crippen LogP contribution is -2.09. The van der Waals surface area contributed by atoms with Gasteiger partial charge >= 0.3 is 5.97 Å². The molecule has 0 spiro atoms. The Hall–Kier alpha value is -1.72. The number of esters is 1. The Bertz CT molecular complexity index is 721. The summed E-state index contributed by atoms with van der Waals surface area (Å²) in [5, 5.41) is 5.33. The summed E-state index contributed by atoms with van der Waals surface area (Å²) in [5.74, 6) is 0.524. The number of carbonyl (C=O) groups is 1. The van der Waals surface area contributed by atoms with E-state index in [0.717, 1.165) is 0 Å². The summed E-state index contributed by atoms with van der Waals surface area (Å²) in [6.45, 7) is 7.89. The van der Waals surface area contributed by atoms with Crippen LogP contribution >= 0.6 is 23.2 Å². The molecule has 0 radical (unpaired) electrons. The standard InChI is InChI=1S/C17H20Cl2N2O3/c1-5-14-15(17(22)23-6-2)20-21(10(3)4)16(14)24-13-8-11(18)7-12(19)9-13/h7-10H,5-6H2,1-4H3. The van der Waals surface area contributed by atoms with Gasteiger partial charge in [-0.05, 0) is 45.4 Å². The number of halogens is 2. The van der Waals surface area contributed by atoms with Crippen LogP contribution in [0.3, 0.4) is 0 Å². The van der Waals surface area contributed by atoms with Crippen LogP contribution in [0.15, 0.2) is 18.2 Å². The molecule has 130 valence electrons. The predicted molar refractivity (Wildman–Crippen MR) is 94.5 cm³/mol. The van der Waals surface area contributed by atoms with E-state index in [-0.39, 0.29) is 18.3 Å². The third-order valence-corrected chi connectivity index (χ3v) is 3.76. The SMILES string of the molecule is CCOC(=O)c1nn(C(C)C)c(Oc2cc(Cl)cc(Cl)c2)c1CC. The van der Waals surface area contributed by atoms with Crippen molar-refractivity contribution in [3.8, 4) is 11.6 Å². The zero-order valence-corrected chi connectivity index (χ0v) is 15.6. The van der Waals surface area contributed by atoms with Gasteiger partial charge in [0.1, 0.15) is 5.75 Å². The topological polar surface area (TPSA) is 53.3 Å². The molecule has 7 heteroatoms. The van der Waals surface area contributed by atoms with Gasteiger partial charge in [0, 0.05) is 15.6 Å². The smallest absolute Gasteiger partial charge is 0.359 e. The molecule has 2 aromatic rings. The van der Waals surface area contributed by atoms with E-state index in [4.69, 9.17) is 32.7 Å². The van der Waals surface area contributed by atoms with Gasteiger partial charge in [-0.15, -0.1) is 0 Å². The average Bonchev–Trinajstić information content (AvgIpc) is 2.85. The van der Waals surface area contributed by atoms with E-state index >= 15 is 0 Å². The molecule has 0 amide bonds. The minimum atomic E-state index is -0.456. The molecule has 0 aliphatic rings. The largest absolute Gasteiger partial charge is 0.461 e. The Morgan fingerprint density at radius 1 is 1.21 bits per heavy atom. The highest BCUT2D eigenvalue weighted by Crippen LogP contribution is 2.33. The fourth-order valence-electron chi connectivity index (χ4n) is 2.29. The summed E-state index contributed by atoms with van der Waals surface area (Å²) in [6, 6.07) is 4.95. The van der Waals surface area contributed by atoms with E-state index < -0.39 is 5.97 Å². The van der Waals surface area contributed by atoms with Crippen molar-refractivity contribution in [1.82, 2.24) is 9.78 Å². The minimum absolute atomic E-state index is 0.00290. The van der Waals surface area contributed by atoms with Crippen LogP contribution in [0.2, 0.25) is 10.0 Å². The first-order valence-corrected chi connectivity index (χ1v) is 8.55. The number of aromatic nitrogens is 2. The highest BCUT2D eigenvalue weighted by atomic mass is 35.5. The van der Waals surface area contributed by atoms with E-state index in [9.17, 15) is 4.79 Å². The average molecular weight is 371 g/mol. The van der Waals surface area contributed by atoms with Crippen LogP contribution < -0.4 is 4.74 Å². The maximum Gasteiger partial charge on any atom is 0.359 e. The summed E-state index contributed by atoms with van der Waals surface area (Å²) < 4.78 is 12.7. The number of benzene rings is 1. The molecule has 24 heavy (non-hydrogen) atoms. The highest BCUT2D eigenvalue weighted by molar-refractivity contribution is 6.34. The van der Waals surface area contributed by atoms with E-state index in [1.54, 1.807) is 29.8 Å². The summed E-state index contributed by atoms with van der Waals surface area (Å²) in [6.07, 6.45) is 0.574. The van der Waals surface area contributed by atoms with Crippen LogP contribution in [-0.2, 0) is 11.2 Å². The molecule has 0 unspecified atom stereocenters. The van der Waals surface area contributed by atoms with Crippen molar-refractivity contribution in [2.75, 3.05) is 6.61 Å². The van der Waals surface area contributed by atoms with E-state index in [1.165, 1.54) is 0 Å². The lowest BCUT2D eigenvalue weighted by Gasteiger charge is -2.13. The lowest BCUT2D eigenvalue weighted by atomic mass is 10.2. The first-order chi connectivity index (χ1) is 11.4. The Morgan fingerprint density at radius 3 is 2.33 bits per heavy atom. The summed E-state index contributed by atoms with van der Waals surface area (Å²) in [7, 11) is 0. The zero-order chi connectivity index (χ0) is 17.9. The molecule has 0 fully saturated rings. The maximum absolute atomic E-state index is 12.2. The monoisotopic (exact) mass is 370 g/mol. The van der Waals surface area contributed by atoms with Crippen molar-refractivity contribution in [2.24, 2.45) is 0 Å². The first-order valence-electron chi connectivity index (χ1n) is 7.79. The second-order valence-electron chi connectivity index (χ2n) is 5.45. The Balaban J connectivity index is 2.52. The van der Waals surface area contributed by atoms with Crippen molar-refractivity contribution < 1.29 is 14.3 Å². The number of hydrogen-bond acceptors (Lipinski definition) is 4. The second kappa shape index (κ2) is 7.90. The van der Waals surface area contributed by atoms with Crippen LogP contribution in [0, 0.1) is 0 Å². The van der Waals surface area contributed by atoms with Crippen molar-refractivity contribution in [3.63, 3.8) is 0 Å². The molecular weight excluding hydrogens is 351 g/mol. The van der Waals surface area contributed by atoms with Gasteiger partial charge in [0.05, 0.1) is 12.6 Å². The zero-order valence-electron chi connectivity index (χ0n) is 14.1. The molecule has 0 bridgehead atoms. The molecular formula is C17H20Cl2N2O3. The molecule has 1 aromatic carbocycles. The van der Waals surface area contributed by atoms with Gasteiger partial charge in [0.25, 0.3) is 0 Å². The van der Waals surface area contributed by atoms with E-state index in [0.29, 0.717) is 33.7 Å².